The maximum atomic E-state index is 12.9. The number of hydrogen-bond donors (Lipinski definition) is 1. The first-order valence-corrected chi connectivity index (χ1v) is 10.4. The van der Waals surface area contributed by atoms with Crippen molar-refractivity contribution in [3.05, 3.63) is 77.4 Å². The van der Waals surface area contributed by atoms with Crippen molar-refractivity contribution >= 4 is 17.4 Å². The summed E-state index contributed by atoms with van der Waals surface area (Å²) in [7, 11) is 0. The lowest BCUT2D eigenvalue weighted by atomic mass is 9.95. The first kappa shape index (κ1) is 20.3. The zero-order valence-corrected chi connectivity index (χ0v) is 16.9. The predicted molar refractivity (Wildman–Crippen MR) is 114 cm³/mol. The quantitative estimate of drug-likeness (QED) is 0.454. The molecule has 0 aromatic heterocycles. The van der Waals surface area contributed by atoms with Crippen molar-refractivity contribution < 1.29 is 19.4 Å². The van der Waals surface area contributed by atoms with Gasteiger partial charge in [-0.3, -0.25) is 14.5 Å². The number of amides is 1. The van der Waals surface area contributed by atoms with Crippen LogP contribution in [0.15, 0.2) is 66.2 Å². The van der Waals surface area contributed by atoms with Crippen molar-refractivity contribution in [2.75, 3.05) is 39.4 Å². The van der Waals surface area contributed by atoms with Gasteiger partial charge in [0.2, 0.25) is 0 Å². The highest BCUT2D eigenvalue weighted by Crippen LogP contribution is 2.39. The largest absolute Gasteiger partial charge is 0.507 e. The number of likely N-dealkylation sites (tertiary alicyclic amines) is 1. The van der Waals surface area contributed by atoms with Gasteiger partial charge < -0.3 is 14.7 Å². The van der Waals surface area contributed by atoms with E-state index < -0.39 is 17.7 Å². The number of carbonyl (C=O) groups excluding carboxylic acids is 2. The SMILES string of the molecule is O=C1C(=O)N(CCCN2CCOCC2)[C@H](c2ccccc2)C1=C(O)c1ccccc1. The number of Topliss-reactive ketones (excluding diaryl/α,β-unsaturated/α-hetero) is 1. The highest BCUT2D eigenvalue weighted by molar-refractivity contribution is 6.46. The first-order chi connectivity index (χ1) is 14.7. The van der Waals surface area contributed by atoms with E-state index in [1.165, 1.54) is 0 Å². The molecule has 2 fully saturated rings. The monoisotopic (exact) mass is 406 g/mol. The van der Waals surface area contributed by atoms with Crippen LogP contribution in [0.3, 0.4) is 0 Å². The van der Waals surface area contributed by atoms with Gasteiger partial charge in [-0.15, -0.1) is 0 Å². The van der Waals surface area contributed by atoms with E-state index in [4.69, 9.17) is 4.74 Å². The standard InChI is InChI=1S/C24H26N2O4/c27-22(19-10-5-2-6-11-19)20-21(18-8-3-1-4-9-18)26(24(29)23(20)28)13-7-12-25-14-16-30-17-15-25/h1-6,8-11,21,27H,7,12-17H2/t21-/m1/s1. The molecule has 2 saturated heterocycles. The minimum absolute atomic E-state index is 0.126. The summed E-state index contributed by atoms with van der Waals surface area (Å²) < 4.78 is 5.38. The van der Waals surface area contributed by atoms with E-state index in [9.17, 15) is 14.7 Å². The molecular formula is C24H26N2O4. The maximum Gasteiger partial charge on any atom is 0.295 e. The summed E-state index contributed by atoms with van der Waals surface area (Å²) in [6, 6.07) is 17.8. The highest BCUT2D eigenvalue weighted by atomic mass is 16.5. The Morgan fingerprint density at radius 2 is 1.57 bits per heavy atom. The van der Waals surface area contributed by atoms with Crippen LogP contribution >= 0.6 is 0 Å². The number of rotatable bonds is 6. The summed E-state index contributed by atoms with van der Waals surface area (Å²) in [6.45, 7) is 4.51. The zero-order valence-electron chi connectivity index (χ0n) is 16.9. The fourth-order valence-electron chi connectivity index (χ4n) is 4.13. The van der Waals surface area contributed by atoms with Crippen molar-refractivity contribution in [1.82, 2.24) is 9.80 Å². The van der Waals surface area contributed by atoms with Gasteiger partial charge in [0, 0.05) is 31.7 Å². The lowest BCUT2D eigenvalue weighted by Gasteiger charge is -2.29. The van der Waals surface area contributed by atoms with Crippen LogP contribution in [0.25, 0.3) is 5.76 Å². The molecule has 156 valence electrons. The Labute approximate surface area is 176 Å². The van der Waals surface area contributed by atoms with Gasteiger partial charge in [0.1, 0.15) is 5.76 Å². The number of hydrogen-bond acceptors (Lipinski definition) is 5. The van der Waals surface area contributed by atoms with Crippen molar-refractivity contribution in [2.24, 2.45) is 0 Å². The molecule has 4 rings (SSSR count). The molecule has 0 saturated carbocycles. The molecule has 6 nitrogen and oxygen atoms in total. The number of aliphatic hydroxyl groups is 1. The molecule has 2 aliphatic rings. The van der Waals surface area contributed by atoms with Crippen molar-refractivity contribution in [2.45, 2.75) is 12.5 Å². The molecule has 1 atom stereocenters. The fraction of sp³-hybridized carbons (Fsp3) is 0.333. The molecule has 1 amide bonds. The molecule has 2 aromatic rings. The van der Waals surface area contributed by atoms with Crippen LogP contribution in [-0.2, 0) is 14.3 Å². The topological polar surface area (TPSA) is 70.1 Å². The number of carbonyl (C=O) groups is 2. The third-order valence-corrected chi connectivity index (χ3v) is 5.68. The lowest BCUT2D eigenvalue weighted by molar-refractivity contribution is -0.140. The molecule has 2 aromatic carbocycles. The second kappa shape index (κ2) is 9.24. The van der Waals surface area contributed by atoms with Gasteiger partial charge in [-0.1, -0.05) is 60.7 Å². The smallest absolute Gasteiger partial charge is 0.295 e. The summed E-state index contributed by atoms with van der Waals surface area (Å²) in [6.07, 6.45) is 0.752. The number of benzene rings is 2. The van der Waals surface area contributed by atoms with Gasteiger partial charge in [-0.2, -0.15) is 0 Å². The van der Waals surface area contributed by atoms with Crippen LogP contribution in [0.1, 0.15) is 23.6 Å². The molecule has 0 spiro atoms. The van der Waals surface area contributed by atoms with Gasteiger partial charge in [0.15, 0.2) is 0 Å². The van der Waals surface area contributed by atoms with Crippen LogP contribution < -0.4 is 0 Å². The van der Waals surface area contributed by atoms with Crippen LogP contribution in [0.2, 0.25) is 0 Å². The number of ether oxygens (including phenoxy) is 1. The van der Waals surface area contributed by atoms with Gasteiger partial charge in [-0.05, 0) is 12.0 Å². The second-order valence-electron chi connectivity index (χ2n) is 7.58. The van der Waals surface area contributed by atoms with E-state index in [2.05, 4.69) is 4.90 Å². The van der Waals surface area contributed by atoms with Crippen LogP contribution in [0, 0.1) is 0 Å². The van der Waals surface area contributed by atoms with E-state index in [1.54, 1.807) is 29.2 Å². The van der Waals surface area contributed by atoms with E-state index >= 15 is 0 Å². The summed E-state index contributed by atoms with van der Waals surface area (Å²) in [5, 5.41) is 10.9. The minimum atomic E-state index is -0.628. The van der Waals surface area contributed by atoms with Crippen molar-refractivity contribution in [3.63, 3.8) is 0 Å². The fourth-order valence-corrected chi connectivity index (χ4v) is 4.13. The van der Waals surface area contributed by atoms with Crippen molar-refractivity contribution in [3.8, 4) is 0 Å². The molecule has 30 heavy (non-hydrogen) atoms. The van der Waals surface area contributed by atoms with Crippen molar-refractivity contribution in [1.29, 1.82) is 0 Å². The maximum absolute atomic E-state index is 12.9. The van der Waals surface area contributed by atoms with Gasteiger partial charge in [-0.25, -0.2) is 0 Å². The van der Waals surface area contributed by atoms with E-state index in [0.29, 0.717) is 12.1 Å². The Hall–Kier alpha value is -2.96. The third kappa shape index (κ3) is 4.15. The number of ketones is 1. The van der Waals surface area contributed by atoms with Crippen LogP contribution in [-0.4, -0.2) is 66.0 Å². The Bertz CT molecular complexity index is 921. The number of aliphatic hydroxyl groups excluding tert-OH is 1. The van der Waals surface area contributed by atoms with E-state index in [-0.39, 0.29) is 11.3 Å². The molecule has 1 N–H and O–H groups in total. The zero-order chi connectivity index (χ0) is 20.9. The lowest BCUT2D eigenvalue weighted by Crippen LogP contribution is -2.38. The van der Waals surface area contributed by atoms with E-state index in [1.807, 2.05) is 36.4 Å². The molecule has 0 bridgehead atoms. The predicted octanol–water partition coefficient (Wildman–Crippen LogP) is 2.83. The van der Waals surface area contributed by atoms with Gasteiger partial charge in [0.05, 0.1) is 24.8 Å². The van der Waals surface area contributed by atoms with Gasteiger partial charge >= 0.3 is 0 Å². The Morgan fingerprint density at radius 1 is 0.933 bits per heavy atom. The van der Waals surface area contributed by atoms with E-state index in [0.717, 1.165) is 44.8 Å². The Balaban J connectivity index is 1.63. The Kier molecular flexibility index (Phi) is 6.26. The normalized spacial score (nSPS) is 21.9. The van der Waals surface area contributed by atoms with Crippen LogP contribution in [0.5, 0.6) is 0 Å². The summed E-state index contributed by atoms with van der Waals surface area (Å²) in [5.74, 6) is -1.31. The third-order valence-electron chi connectivity index (χ3n) is 5.68. The average molecular weight is 406 g/mol. The Morgan fingerprint density at radius 3 is 2.23 bits per heavy atom. The number of morpholine rings is 1. The first-order valence-electron chi connectivity index (χ1n) is 10.4. The molecule has 0 aliphatic carbocycles. The minimum Gasteiger partial charge on any atom is -0.507 e. The molecule has 0 unspecified atom stereocenters. The molecular weight excluding hydrogens is 380 g/mol. The number of nitrogens with zero attached hydrogens (tertiary/aromatic N) is 2. The summed E-state index contributed by atoms with van der Waals surface area (Å²) in [4.78, 5) is 29.8. The molecule has 0 radical (unpaired) electrons. The molecule has 2 heterocycles. The van der Waals surface area contributed by atoms with Gasteiger partial charge in [0.25, 0.3) is 11.7 Å². The second-order valence-corrected chi connectivity index (χ2v) is 7.58. The average Bonchev–Trinajstić information content (AvgIpc) is 3.05. The van der Waals surface area contributed by atoms with Crippen LogP contribution in [0.4, 0.5) is 0 Å². The highest BCUT2D eigenvalue weighted by Gasteiger charge is 2.45. The molecule has 6 heteroatoms. The summed E-state index contributed by atoms with van der Waals surface area (Å²) >= 11 is 0. The molecule has 2 aliphatic heterocycles. The summed E-state index contributed by atoms with van der Waals surface area (Å²) in [5.41, 5.74) is 1.51.